The lowest BCUT2D eigenvalue weighted by atomic mass is 9.95. The standard InChI is InChI=1S/C18H24N2O4/c1-23-14-4-3-5-15(24-2)16(14)18(22)20-10-8-12(9-11-20)17(21)19-13-6-7-13/h3-5,12-13H,6-11H2,1-2H3,(H,19,21). The fraction of sp³-hybridized carbons (Fsp3) is 0.556. The van der Waals surface area contributed by atoms with Crippen molar-refractivity contribution in [2.24, 2.45) is 5.92 Å². The van der Waals surface area contributed by atoms with Crippen LogP contribution in [0.25, 0.3) is 0 Å². The summed E-state index contributed by atoms with van der Waals surface area (Å²) in [5.74, 6) is 1.06. The highest BCUT2D eigenvalue weighted by atomic mass is 16.5. The van der Waals surface area contributed by atoms with Crippen LogP contribution in [0.4, 0.5) is 0 Å². The van der Waals surface area contributed by atoms with Crippen LogP contribution in [-0.4, -0.2) is 50.1 Å². The van der Waals surface area contributed by atoms with Crippen molar-refractivity contribution in [3.8, 4) is 11.5 Å². The van der Waals surface area contributed by atoms with Gasteiger partial charge in [-0.2, -0.15) is 0 Å². The van der Waals surface area contributed by atoms with E-state index >= 15 is 0 Å². The minimum atomic E-state index is -0.106. The molecule has 130 valence electrons. The Hall–Kier alpha value is -2.24. The van der Waals surface area contributed by atoms with E-state index in [-0.39, 0.29) is 17.7 Å². The van der Waals surface area contributed by atoms with E-state index in [1.165, 1.54) is 0 Å². The molecule has 1 saturated heterocycles. The maximum atomic E-state index is 12.9. The lowest BCUT2D eigenvalue weighted by Gasteiger charge is -2.32. The minimum Gasteiger partial charge on any atom is -0.496 e. The van der Waals surface area contributed by atoms with Gasteiger partial charge >= 0.3 is 0 Å². The molecular weight excluding hydrogens is 308 g/mol. The van der Waals surface area contributed by atoms with Crippen molar-refractivity contribution in [3.63, 3.8) is 0 Å². The highest BCUT2D eigenvalue weighted by molar-refractivity contribution is 6.00. The molecule has 3 rings (SSSR count). The fourth-order valence-electron chi connectivity index (χ4n) is 3.11. The molecule has 1 aromatic rings. The van der Waals surface area contributed by atoms with Crippen molar-refractivity contribution in [1.29, 1.82) is 0 Å². The van der Waals surface area contributed by atoms with Crippen molar-refractivity contribution in [3.05, 3.63) is 23.8 Å². The summed E-state index contributed by atoms with van der Waals surface area (Å²) in [7, 11) is 3.08. The van der Waals surface area contributed by atoms with Crippen LogP contribution in [0.1, 0.15) is 36.0 Å². The molecule has 6 heteroatoms. The van der Waals surface area contributed by atoms with Gasteiger partial charge in [0.1, 0.15) is 17.1 Å². The highest BCUT2D eigenvalue weighted by Gasteiger charge is 2.32. The van der Waals surface area contributed by atoms with Crippen molar-refractivity contribution in [1.82, 2.24) is 10.2 Å². The molecule has 2 amide bonds. The Bertz CT molecular complexity index is 597. The summed E-state index contributed by atoms with van der Waals surface area (Å²) in [5.41, 5.74) is 0.448. The molecule has 1 aliphatic carbocycles. The molecule has 0 unspecified atom stereocenters. The van der Waals surface area contributed by atoms with Gasteiger partial charge in [0.2, 0.25) is 5.91 Å². The van der Waals surface area contributed by atoms with E-state index in [4.69, 9.17) is 9.47 Å². The lowest BCUT2D eigenvalue weighted by Crippen LogP contribution is -2.43. The fourth-order valence-corrected chi connectivity index (χ4v) is 3.11. The van der Waals surface area contributed by atoms with Crippen molar-refractivity contribution < 1.29 is 19.1 Å². The SMILES string of the molecule is COc1cccc(OC)c1C(=O)N1CCC(C(=O)NC2CC2)CC1. The van der Waals surface area contributed by atoms with Gasteiger partial charge in [0.25, 0.3) is 5.91 Å². The monoisotopic (exact) mass is 332 g/mol. The van der Waals surface area contributed by atoms with Crippen molar-refractivity contribution in [2.75, 3.05) is 27.3 Å². The van der Waals surface area contributed by atoms with E-state index in [1.54, 1.807) is 37.3 Å². The first-order chi connectivity index (χ1) is 11.6. The summed E-state index contributed by atoms with van der Waals surface area (Å²) < 4.78 is 10.6. The summed E-state index contributed by atoms with van der Waals surface area (Å²) in [6.07, 6.45) is 3.58. The van der Waals surface area contributed by atoms with E-state index in [2.05, 4.69) is 5.32 Å². The van der Waals surface area contributed by atoms with Gasteiger partial charge in [-0.25, -0.2) is 0 Å². The van der Waals surface area contributed by atoms with Crippen LogP contribution in [0.5, 0.6) is 11.5 Å². The number of likely N-dealkylation sites (tertiary alicyclic amines) is 1. The molecule has 1 N–H and O–H groups in total. The number of amides is 2. The minimum absolute atomic E-state index is 0.00853. The molecule has 0 radical (unpaired) electrons. The third-order valence-electron chi connectivity index (χ3n) is 4.72. The average molecular weight is 332 g/mol. The van der Waals surface area contributed by atoms with Gasteiger partial charge in [-0.1, -0.05) is 6.07 Å². The number of methoxy groups -OCH3 is 2. The smallest absolute Gasteiger partial charge is 0.261 e. The summed E-state index contributed by atoms with van der Waals surface area (Å²) in [4.78, 5) is 26.8. The van der Waals surface area contributed by atoms with Crippen LogP contribution in [-0.2, 0) is 4.79 Å². The molecule has 2 fully saturated rings. The second-order valence-electron chi connectivity index (χ2n) is 6.39. The Labute approximate surface area is 142 Å². The Morgan fingerprint density at radius 1 is 1.04 bits per heavy atom. The van der Waals surface area contributed by atoms with Gasteiger partial charge in [0, 0.05) is 25.0 Å². The molecule has 0 atom stereocenters. The van der Waals surface area contributed by atoms with Gasteiger partial charge in [-0.15, -0.1) is 0 Å². The molecular formula is C18H24N2O4. The van der Waals surface area contributed by atoms with E-state index < -0.39 is 0 Å². The lowest BCUT2D eigenvalue weighted by molar-refractivity contribution is -0.126. The largest absolute Gasteiger partial charge is 0.496 e. The first-order valence-corrected chi connectivity index (χ1v) is 8.44. The molecule has 1 saturated carbocycles. The van der Waals surface area contributed by atoms with Crippen LogP contribution in [0, 0.1) is 5.92 Å². The first-order valence-electron chi connectivity index (χ1n) is 8.44. The average Bonchev–Trinajstić information content (AvgIpc) is 3.44. The van der Waals surface area contributed by atoms with Gasteiger partial charge in [-0.05, 0) is 37.8 Å². The third-order valence-corrected chi connectivity index (χ3v) is 4.72. The number of rotatable bonds is 5. The van der Waals surface area contributed by atoms with Crippen LogP contribution < -0.4 is 14.8 Å². The predicted molar refractivity (Wildman–Crippen MR) is 89.3 cm³/mol. The number of hydrogen-bond donors (Lipinski definition) is 1. The molecule has 1 heterocycles. The number of hydrogen-bond acceptors (Lipinski definition) is 4. The Kier molecular flexibility index (Phi) is 4.92. The number of nitrogens with one attached hydrogen (secondary N) is 1. The summed E-state index contributed by atoms with van der Waals surface area (Å²) in [6.45, 7) is 1.14. The third kappa shape index (κ3) is 3.47. The molecule has 0 bridgehead atoms. The number of piperidine rings is 1. The number of carbonyl (C=O) groups excluding carboxylic acids is 2. The van der Waals surface area contributed by atoms with E-state index in [0.717, 1.165) is 12.8 Å². The van der Waals surface area contributed by atoms with Crippen molar-refractivity contribution >= 4 is 11.8 Å². The topological polar surface area (TPSA) is 67.9 Å². The van der Waals surface area contributed by atoms with Gasteiger partial charge in [-0.3, -0.25) is 9.59 Å². The molecule has 1 aliphatic heterocycles. The quantitative estimate of drug-likeness (QED) is 0.893. The number of nitrogens with zero attached hydrogens (tertiary/aromatic N) is 1. The van der Waals surface area contributed by atoms with E-state index in [1.807, 2.05) is 0 Å². The predicted octanol–water partition coefficient (Wildman–Crippen LogP) is 1.83. The first kappa shape index (κ1) is 16.6. The Morgan fingerprint density at radius 2 is 1.62 bits per heavy atom. The van der Waals surface area contributed by atoms with Crippen LogP contribution in [0.15, 0.2) is 18.2 Å². The van der Waals surface area contributed by atoms with Crippen molar-refractivity contribution in [2.45, 2.75) is 31.7 Å². The zero-order valence-corrected chi connectivity index (χ0v) is 14.2. The maximum absolute atomic E-state index is 12.9. The second kappa shape index (κ2) is 7.11. The second-order valence-corrected chi connectivity index (χ2v) is 6.39. The zero-order chi connectivity index (χ0) is 17.1. The van der Waals surface area contributed by atoms with Crippen LogP contribution in [0.3, 0.4) is 0 Å². The van der Waals surface area contributed by atoms with E-state index in [9.17, 15) is 9.59 Å². The number of carbonyl (C=O) groups is 2. The number of ether oxygens (including phenoxy) is 2. The maximum Gasteiger partial charge on any atom is 0.261 e. The molecule has 6 nitrogen and oxygen atoms in total. The van der Waals surface area contributed by atoms with Crippen LogP contribution in [0.2, 0.25) is 0 Å². The Balaban J connectivity index is 1.66. The zero-order valence-electron chi connectivity index (χ0n) is 14.2. The Morgan fingerprint density at radius 3 is 2.12 bits per heavy atom. The summed E-state index contributed by atoms with van der Waals surface area (Å²) >= 11 is 0. The van der Waals surface area contributed by atoms with Gasteiger partial charge < -0.3 is 19.7 Å². The molecule has 1 aromatic carbocycles. The van der Waals surface area contributed by atoms with Crippen LogP contribution >= 0.6 is 0 Å². The van der Waals surface area contributed by atoms with Gasteiger partial charge in [0.15, 0.2) is 0 Å². The highest BCUT2D eigenvalue weighted by Crippen LogP contribution is 2.31. The number of benzene rings is 1. The normalized spacial score (nSPS) is 18.2. The molecule has 0 aromatic heterocycles. The van der Waals surface area contributed by atoms with Gasteiger partial charge in [0.05, 0.1) is 14.2 Å². The summed E-state index contributed by atoms with van der Waals surface area (Å²) in [6, 6.07) is 5.69. The van der Waals surface area contributed by atoms with E-state index in [0.29, 0.717) is 49.0 Å². The molecule has 2 aliphatic rings. The summed E-state index contributed by atoms with van der Waals surface area (Å²) in [5, 5.41) is 3.05. The molecule has 24 heavy (non-hydrogen) atoms. The molecule has 0 spiro atoms.